The fraction of sp³-hybridized carbons (Fsp3) is 0.364. The lowest BCUT2D eigenvalue weighted by Crippen LogP contribution is -2.18. The maximum Gasteiger partial charge on any atom is 0.251 e. The van der Waals surface area contributed by atoms with Crippen molar-refractivity contribution in [1.29, 1.82) is 0 Å². The smallest absolute Gasteiger partial charge is 0.251 e. The van der Waals surface area contributed by atoms with Crippen LogP contribution in [0.5, 0.6) is 5.75 Å². The lowest BCUT2D eigenvalue weighted by molar-refractivity contribution is 0.0962. The third-order valence-corrected chi connectivity index (χ3v) is 4.84. The highest BCUT2D eigenvalue weighted by atomic mass is 19.1. The zero-order chi connectivity index (χ0) is 22.9. The number of benzene rings is 1. The Kier molecular flexibility index (Phi) is 8.09. The van der Waals surface area contributed by atoms with E-state index in [1.165, 1.54) is 26.3 Å². The van der Waals surface area contributed by atoms with Gasteiger partial charge in [-0.25, -0.2) is 14.4 Å². The molecule has 0 aliphatic rings. The third kappa shape index (κ3) is 6.01. The van der Waals surface area contributed by atoms with Crippen molar-refractivity contribution in [3.05, 3.63) is 59.4 Å². The number of nitrogens with zero attached hydrogens (tertiary/aromatic N) is 4. The molecule has 2 aromatic heterocycles. The summed E-state index contributed by atoms with van der Waals surface area (Å²) in [6.45, 7) is 1.44. The summed E-state index contributed by atoms with van der Waals surface area (Å²) >= 11 is 0. The molecule has 170 valence electrons. The molecule has 0 bridgehead atoms. The van der Waals surface area contributed by atoms with E-state index < -0.39 is 5.82 Å². The Morgan fingerprint density at radius 3 is 2.62 bits per heavy atom. The first-order valence-corrected chi connectivity index (χ1v) is 10.2. The number of carbonyl (C=O) groups excluding carboxylic acids is 1. The Morgan fingerprint density at radius 2 is 1.94 bits per heavy atom. The zero-order valence-electron chi connectivity index (χ0n) is 18.4. The van der Waals surface area contributed by atoms with Gasteiger partial charge >= 0.3 is 0 Å². The Labute approximate surface area is 186 Å². The highest BCUT2D eigenvalue weighted by Crippen LogP contribution is 2.24. The van der Waals surface area contributed by atoms with Crippen molar-refractivity contribution >= 4 is 17.5 Å². The summed E-state index contributed by atoms with van der Waals surface area (Å²) in [5.74, 6) is -0.286. The van der Waals surface area contributed by atoms with E-state index in [9.17, 15) is 9.18 Å². The topological polar surface area (TPSA) is 103 Å². The largest absolute Gasteiger partial charge is 0.494 e. The van der Waals surface area contributed by atoms with Gasteiger partial charge in [-0.2, -0.15) is 5.10 Å². The maximum atomic E-state index is 14.6. The number of halogens is 1. The number of aryl methyl sites for hydroxylation is 3. The van der Waals surface area contributed by atoms with E-state index in [2.05, 4.69) is 25.7 Å². The summed E-state index contributed by atoms with van der Waals surface area (Å²) in [5, 5.41) is 9.93. The van der Waals surface area contributed by atoms with Crippen molar-refractivity contribution in [3.63, 3.8) is 0 Å². The van der Waals surface area contributed by atoms with Crippen LogP contribution in [0.2, 0.25) is 0 Å². The van der Waals surface area contributed by atoms with Crippen molar-refractivity contribution in [2.45, 2.75) is 25.8 Å². The first kappa shape index (κ1) is 23.1. The normalized spacial score (nSPS) is 10.8. The van der Waals surface area contributed by atoms with Crippen LogP contribution in [0.1, 0.15) is 27.9 Å². The third-order valence-electron chi connectivity index (χ3n) is 4.84. The number of hydrogen-bond donors (Lipinski definition) is 2. The summed E-state index contributed by atoms with van der Waals surface area (Å²) in [6.07, 6.45) is 8.72. The first-order chi connectivity index (χ1) is 15.5. The van der Waals surface area contributed by atoms with Gasteiger partial charge in [0.15, 0.2) is 11.6 Å². The molecule has 32 heavy (non-hydrogen) atoms. The van der Waals surface area contributed by atoms with Crippen LogP contribution in [-0.4, -0.2) is 53.5 Å². The SMILES string of the molecule is CNC(=O)c1cc(CCc2cnc(Nc3cnn(CCCOC)c3)nc2)c(F)c(OC)c1. The highest BCUT2D eigenvalue weighted by molar-refractivity contribution is 5.94. The molecule has 0 aliphatic heterocycles. The molecule has 9 nitrogen and oxygen atoms in total. The van der Waals surface area contributed by atoms with Gasteiger partial charge in [0, 0.05) is 51.5 Å². The maximum absolute atomic E-state index is 14.6. The van der Waals surface area contributed by atoms with E-state index in [1.807, 2.05) is 10.9 Å². The minimum atomic E-state index is -0.470. The summed E-state index contributed by atoms with van der Waals surface area (Å²) in [7, 11) is 4.57. The molecular weight excluding hydrogens is 415 g/mol. The number of hydrogen-bond acceptors (Lipinski definition) is 7. The van der Waals surface area contributed by atoms with Gasteiger partial charge in [-0.3, -0.25) is 9.48 Å². The number of ether oxygens (including phenoxy) is 2. The van der Waals surface area contributed by atoms with Crippen LogP contribution >= 0.6 is 0 Å². The van der Waals surface area contributed by atoms with Crippen molar-refractivity contribution in [3.8, 4) is 5.75 Å². The average molecular weight is 442 g/mol. The molecule has 0 atom stereocenters. The fourth-order valence-corrected chi connectivity index (χ4v) is 3.14. The number of nitrogens with one attached hydrogen (secondary N) is 2. The van der Waals surface area contributed by atoms with E-state index >= 15 is 0 Å². The van der Waals surface area contributed by atoms with Crippen LogP contribution in [0.25, 0.3) is 0 Å². The number of amides is 1. The fourth-order valence-electron chi connectivity index (χ4n) is 3.14. The summed E-state index contributed by atoms with van der Waals surface area (Å²) in [6, 6.07) is 2.93. The van der Waals surface area contributed by atoms with Crippen molar-refractivity contribution in [2.24, 2.45) is 0 Å². The molecule has 0 saturated carbocycles. The molecule has 3 rings (SSSR count). The van der Waals surface area contributed by atoms with Gasteiger partial charge in [0.2, 0.25) is 5.95 Å². The summed E-state index contributed by atoms with van der Waals surface area (Å²) in [5.41, 5.74) is 2.37. The molecule has 1 amide bonds. The molecule has 3 aromatic rings. The van der Waals surface area contributed by atoms with Crippen LogP contribution in [0.15, 0.2) is 36.9 Å². The molecule has 0 fully saturated rings. The Balaban J connectivity index is 1.61. The van der Waals surface area contributed by atoms with Gasteiger partial charge < -0.3 is 20.1 Å². The second kappa shape index (κ2) is 11.2. The minimum absolute atomic E-state index is 0.0414. The van der Waals surface area contributed by atoms with E-state index in [4.69, 9.17) is 9.47 Å². The minimum Gasteiger partial charge on any atom is -0.494 e. The average Bonchev–Trinajstić information content (AvgIpc) is 3.26. The van der Waals surface area contributed by atoms with Crippen molar-refractivity contribution in [1.82, 2.24) is 25.1 Å². The standard InChI is InChI=1S/C22H27FN6O3/c1-24-21(30)17-9-16(20(23)19(10-17)32-3)6-5-15-11-25-22(26-12-15)28-18-13-27-29(14-18)7-4-8-31-2/h9-14H,4-8H2,1-3H3,(H,24,30)(H,25,26,28). The highest BCUT2D eigenvalue weighted by Gasteiger charge is 2.15. The number of methoxy groups -OCH3 is 2. The van der Waals surface area contributed by atoms with Gasteiger partial charge in [-0.15, -0.1) is 0 Å². The molecule has 0 saturated heterocycles. The Morgan fingerprint density at radius 1 is 1.16 bits per heavy atom. The number of carbonyl (C=O) groups is 1. The molecule has 1 aromatic carbocycles. The quantitative estimate of drug-likeness (QED) is 0.440. The van der Waals surface area contributed by atoms with Gasteiger partial charge in [0.05, 0.1) is 19.0 Å². The zero-order valence-corrected chi connectivity index (χ0v) is 18.4. The lowest BCUT2D eigenvalue weighted by atomic mass is 10.0. The first-order valence-electron chi connectivity index (χ1n) is 10.2. The van der Waals surface area contributed by atoms with E-state index in [-0.39, 0.29) is 11.7 Å². The second-order valence-electron chi connectivity index (χ2n) is 7.11. The van der Waals surface area contributed by atoms with E-state index in [0.717, 1.165) is 24.2 Å². The Hall–Kier alpha value is -3.53. The molecule has 0 aliphatic carbocycles. The molecule has 2 N–H and O–H groups in total. The van der Waals surface area contributed by atoms with Gasteiger partial charge in [0.1, 0.15) is 0 Å². The Bertz CT molecular complexity index is 1040. The van der Waals surface area contributed by atoms with Gasteiger partial charge in [-0.05, 0) is 42.5 Å². The summed E-state index contributed by atoms with van der Waals surface area (Å²) in [4.78, 5) is 20.6. The monoisotopic (exact) mass is 442 g/mol. The van der Waals surface area contributed by atoms with Crippen molar-refractivity contribution in [2.75, 3.05) is 33.2 Å². The molecule has 2 heterocycles. The van der Waals surface area contributed by atoms with Crippen LogP contribution in [0.3, 0.4) is 0 Å². The summed E-state index contributed by atoms with van der Waals surface area (Å²) < 4.78 is 26.6. The number of aromatic nitrogens is 4. The van der Waals surface area contributed by atoms with E-state index in [0.29, 0.717) is 36.5 Å². The van der Waals surface area contributed by atoms with Crippen molar-refractivity contribution < 1.29 is 18.7 Å². The van der Waals surface area contributed by atoms with Crippen LogP contribution < -0.4 is 15.4 Å². The second-order valence-corrected chi connectivity index (χ2v) is 7.11. The molecule has 0 spiro atoms. The van der Waals surface area contributed by atoms with Crippen LogP contribution in [0, 0.1) is 5.82 Å². The van der Waals surface area contributed by atoms with Crippen LogP contribution in [0.4, 0.5) is 16.0 Å². The van der Waals surface area contributed by atoms with Gasteiger partial charge in [-0.1, -0.05) is 0 Å². The van der Waals surface area contributed by atoms with Crippen LogP contribution in [-0.2, 0) is 24.1 Å². The predicted molar refractivity (Wildman–Crippen MR) is 118 cm³/mol. The van der Waals surface area contributed by atoms with E-state index in [1.54, 1.807) is 25.7 Å². The van der Waals surface area contributed by atoms with Gasteiger partial charge in [0.25, 0.3) is 5.91 Å². The number of rotatable bonds is 11. The molecule has 0 unspecified atom stereocenters. The number of anilines is 2. The molecular formula is C22H27FN6O3. The predicted octanol–water partition coefficient (Wildman–Crippen LogP) is 2.75. The molecule has 10 heteroatoms. The lowest BCUT2D eigenvalue weighted by Gasteiger charge is -2.11. The molecule has 0 radical (unpaired) electrons.